The molecule has 1 atom stereocenters. The molecule has 0 aliphatic carbocycles. The van der Waals surface area contributed by atoms with Gasteiger partial charge < -0.3 is 21.2 Å². The predicted molar refractivity (Wildman–Crippen MR) is 182 cm³/mol. The molecule has 4 aromatic rings. The minimum Gasteiger partial charge on any atom is -0.487 e. The van der Waals surface area contributed by atoms with Crippen LogP contribution in [0.3, 0.4) is 0 Å². The fraction of sp³-hybridized carbons (Fsp3) is 0.273. The van der Waals surface area contributed by atoms with Crippen molar-refractivity contribution in [1.82, 2.24) is 19.9 Å². The number of amides is 2. The van der Waals surface area contributed by atoms with Crippen LogP contribution in [0.25, 0.3) is 10.9 Å². The molecule has 14 heteroatoms. The molecule has 3 aromatic carbocycles. The number of halogens is 2. The van der Waals surface area contributed by atoms with Gasteiger partial charge in [-0.05, 0) is 74.2 Å². The van der Waals surface area contributed by atoms with Crippen molar-refractivity contribution < 1.29 is 22.7 Å². The number of carbonyl (C=O) groups excluding carboxylic acids is 2. The van der Waals surface area contributed by atoms with Crippen LogP contribution in [0, 0.1) is 13.8 Å². The van der Waals surface area contributed by atoms with Crippen LogP contribution in [-0.4, -0.2) is 61.4 Å². The van der Waals surface area contributed by atoms with Crippen molar-refractivity contribution in [2.45, 2.75) is 44.2 Å². The monoisotopic (exact) mass is 696 g/mol. The molecule has 1 fully saturated rings. The largest absolute Gasteiger partial charge is 0.487 e. The van der Waals surface area contributed by atoms with Crippen LogP contribution < -0.4 is 21.2 Å². The summed E-state index contributed by atoms with van der Waals surface area (Å²) in [6.07, 6.45) is 2.29. The summed E-state index contributed by atoms with van der Waals surface area (Å²) >= 11 is 13.2. The fourth-order valence-electron chi connectivity index (χ4n) is 5.53. The molecular weight excluding hydrogens is 663 g/mol. The Labute approximate surface area is 283 Å². The molecule has 11 nitrogen and oxygen atoms in total. The standard InChI is InChI=1S/C33H34Cl2N6O5S/c1-20-17-21(2)40-31-24(20)5-3-7-28(31)46-19-25-26(34)12-13-29(30(25)35)47(44,45)41-16-4-6-27(41)33(43)38-15-14-37-32(42)23-10-8-22(9-11-23)18-39-36/h3,5,7-13,17-18,27H,4,6,14-16,19,36H2,1-2H3,(H,37,42)(H,38,43)/t27-/m0/s1. The predicted octanol–water partition coefficient (Wildman–Crippen LogP) is 4.73. The summed E-state index contributed by atoms with van der Waals surface area (Å²) in [7, 11) is -4.19. The van der Waals surface area contributed by atoms with Crippen LogP contribution in [0.15, 0.2) is 70.7 Å². The van der Waals surface area contributed by atoms with E-state index in [0.29, 0.717) is 35.2 Å². The van der Waals surface area contributed by atoms with Gasteiger partial charge in [0.15, 0.2) is 0 Å². The summed E-state index contributed by atoms with van der Waals surface area (Å²) in [5.74, 6) is 4.87. The summed E-state index contributed by atoms with van der Waals surface area (Å²) in [5.41, 5.74) is 4.05. The van der Waals surface area contributed by atoms with E-state index in [9.17, 15) is 18.0 Å². The minimum absolute atomic E-state index is 0.0739. The van der Waals surface area contributed by atoms with Crippen molar-refractivity contribution in [2.24, 2.45) is 10.9 Å². The number of carbonyl (C=O) groups is 2. The number of hydrogen-bond donors (Lipinski definition) is 3. The normalized spacial score (nSPS) is 15.3. The Morgan fingerprint density at radius 1 is 1.09 bits per heavy atom. The van der Waals surface area contributed by atoms with Crippen molar-refractivity contribution in [3.8, 4) is 5.75 Å². The number of hydrogen-bond acceptors (Lipinski definition) is 8. The second kappa shape index (κ2) is 14.7. The van der Waals surface area contributed by atoms with E-state index in [0.717, 1.165) is 26.5 Å². The van der Waals surface area contributed by atoms with E-state index in [-0.39, 0.29) is 47.1 Å². The number of hydrazone groups is 1. The van der Waals surface area contributed by atoms with E-state index < -0.39 is 22.0 Å². The summed E-state index contributed by atoms with van der Waals surface area (Å²) in [6, 6.07) is 16.1. The van der Waals surface area contributed by atoms with Crippen molar-refractivity contribution >= 4 is 62.2 Å². The van der Waals surface area contributed by atoms with E-state index >= 15 is 0 Å². The van der Waals surface area contributed by atoms with Crippen LogP contribution in [0.2, 0.25) is 10.0 Å². The lowest BCUT2D eigenvalue weighted by molar-refractivity contribution is -0.124. The number of nitrogens with one attached hydrogen (secondary N) is 2. The first-order valence-electron chi connectivity index (χ1n) is 14.9. The summed E-state index contributed by atoms with van der Waals surface area (Å²) in [6.45, 7) is 4.20. The van der Waals surface area contributed by atoms with Gasteiger partial charge in [-0.15, -0.1) is 0 Å². The lowest BCUT2D eigenvalue weighted by Gasteiger charge is -2.24. The number of aromatic nitrogens is 1. The smallest absolute Gasteiger partial charge is 0.251 e. The third kappa shape index (κ3) is 7.51. The van der Waals surface area contributed by atoms with Crippen LogP contribution in [0.1, 0.15) is 45.6 Å². The molecule has 0 spiro atoms. The first-order chi connectivity index (χ1) is 22.5. The zero-order valence-corrected chi connectivity index (χ0v) is 28.1. The maximum Gasteiger partial charge on any atom is 0.251 e. The number of ether oxygens (including phenoxy) is 1. The first kappa shape index (κ1) is 34.1. The highest BCUT2D eigenvalue weighted by molar-refractivity contribution is 7.89. The van der Waals surface area contributed by atoms with Gasteiger partial charge in [0.05, 0.1) is 11.2 Å². The first-order valence-corrected chi connectivity index (χ1v) is 17.1. The molecule has 0 bridgehead atoms. The number of rotatable bonds is 11. The van der Waals surface area contributed by atoms with Gasteiger partial charge in [-0.25, -0.2) is 13.4 Å². The number of benzene rings is 3. The van der Waals surface area contributed by atoms with E-state index in [1.807, 2.05) is 32.0 Å². The number of nitrogens with two attached hydrogens (primary N) is 1. The summed E-state index contributed by atoms with van der Waals surface area (Å²) < 4.78 is 35.0. The van der Waals surface area contributed by atoms with Gasteiger partial charge in [-0.1, -0.05) is 47.5 Å². The van der Waals surface area contributed by atoms with Crippen LogP contribution in [0.4, 0.5) is 0 Å². The molecule has 5 rings (SSSR count). The Hall–Kier alpha value is -4.23. The van der Waals surface area contributed by atoms with Gasteiger partial charge in [0.1, 0.15) is 28.8 Å². The molecular formula is C33H34Cl2N6O5S. The molecule has 246 valence electrons. The zero-order valence-electron chi connectivity index (χ0n) is 25.8. The van der Waals surface area contributed by atoms with E-state index in [1.165, 1.54) is 18.3 Å². The van der Waals surface area contributed by atoms with Crippen LogP contribution in [-0.2, 0) is 21.4 Å². The van der Waals surface area contributed by atoms with Gasteiger partial charge >= 0.3 is 0 Å². The van der Waals surface area contributed by atoms with Gasteiger partial charge in [-0.2, -0.15) is 9.41 Å². The van der Waals surface area contributed by atoms with E-state index in [4.69, 9.17) is 33.8 Å². The SMILES string of the molecule is Cc1cc(C)c2cccc(OCc3c(Cl)ccc(S(=O)(=O)N4CCC[C@H]4C(=O)NCCNC(=O)c4ccc(C=NN)cc4)c3Cl)c2n1. The Morgan fingerprint density at radius 3 is 2.57 bits per heavy atom. The Morgan fingerprint density at radius 2 is 1.83 bits per heavy atom. The second-order valence-electron chi connectivity index (χ2n) is 11.1. The molecule has 4 N–H and O–H groups in total. The molecule has 1 aliphatic rings. The van der Waals surface area contributed by atoms with Gasteiger partial charge in [0, 0.05) is 46.9 Å². The molecule has 1 aromatic heterocycles. The van der Waals surface area contributed by atoms with Crippen molar-refractivity contribution in [3.05, 3.63) is 98.7 Å². The number of aryl methyl sites for hydroxylation is 2. The highest BCUT2D eigenvalue weighted by atomic mass is 35.5. The average molecular weight is 698 g/mol. The fourth-order valence-corrected chi connectivity index (χ4v) is 8.05. The number of pyridine rings is 1. The van der Waals surface area contributed by atoms with Crippen molar-refractivity contribution in [2.75, 3.05) is 19.6 Å². The highest BCUT2D eigenvalue weighted by Gasteiger charge is 2.40. The summed E-state index contributed by atoms with van der Waals surface area (Å²) in [4.78, 5) is 30.0. The minimum atomic E-state index is -4.19. The number of nitrogens with zero attached hydrogens (tertiary/aromatic N) is 3. The quantitative estimate of drug-likeness (QED) is 0.0886. The maximum atomic E-state index is 13.9. The number of fused-ring (bicyclic) bond motifs is 1. The lowest BCUT2D eigenvalue weighted by atomic mass is 10.1. The van der Waals surface area contributed by atoms with E-state index in [2.05, 4.69) is 20.7 Å². The molecule has 0 unspecified atom stereocenters. The molecule has 1 saturated heterocycles. The Balaban J connectivity index is 1.25. The zero-order chi connectivity index (χ0) is 33.7. The molecule has 2 amide bonds. The average Bonchev–Trinajstić information content (AvgIpc) is 3.55. The molecule has 2 heterocycles. The molecule has 0 radical (unpaired) electrons. The van der Waals surface area contributed by atoms with Crippen molar-refractivity contribution in [1.29, 1.82) is 0 Å². The third-order valence-electron chi connectivity index (χ3n) is 7.86. The van der Waals surface area contributed by atoms with Gasteiger partial charge in [0.2, 0.25) is 15.9 Å². The van der Waals surface area contributed by atoms with Gasteiger partial charge in [0.25, 0.3) is 5.91 Å². The molecule has 47 heavy (non-hydrogen) atoms. The topological polar surface area (TPSA) is 156 Å². The molecule has 1 aliphatic heterocycles. The number of sulfonamides is 1. The summed E-state index contributed by atoms with van der Waals surface area (Å²) in [5, 5.41) is 10.0. The lowest BCUT2D eigenvalue weighted by Crippen LogP contribution is -2.47. The van der Waals surface area contributed by atoms with Gasteiger partial charge in [-0.3, -0.25) is 9.59 Å². The Bertz CT molecular complexity index is 1950. The number of para-hydroxylation sites is 1. The van der Waals surface area contributed by atoms with Crippen LogP contribution in [0.5, 0.6) is 5.75 Å². The van der Waals surface area contributed by atoms with Crippen molar-refractivity contribution in [3.63, 3.8) is 0 Å². The van der Waals surface area contributed by atoms with Crippen LogP contribution >= 0.6 is 23.2 Å². The second-order valence-corrected chi connectivity index (χ2v) is 13.7. The third-order valence-corrected chi connectivity index (χ3v) is 10.7. The Kier molecular flexibility index (Phi) is 10.7. The molecule has 0 saturated carbocycles. The maximum absolute atomic E-state index is 13.9. The highest BCUT2D eigenvalue weighted by Crippen LogP contribution is 2.36. The van der Waals surface area contributed by atoms with E-state index in [1.54, 1.807) is 30.3 Å².